The van der Waals surface area contributed by atoms with E-state index in [4.69, 9.17) is 11.5 Å². The number of hydrogen-bond acceptors (Lipinski definition) is 3. The van der Waals surface area contributed by atoms with Crippen LogP contribution in [0.1, 0.15) is 11.1 Å². The van der Waals surface area contributed by atoms with Crippen LogP contribution in [0.4, 0.5) is 37.7 Å². The van der Waals surface area contributed by atoms with Crippen LogP contribution in [-0.4, -0.2) is 0 Å². The van der Waals surface area contributed by atoms with Crippen molar-refractivity contribution in [1.29, 1.82) is 0 Å². The molecule has 0 unspecified atom stereocenters. The van der Waals surface area contributed by atoms with Crippen LogP contribution in [0, 0.1) is 0 Å². The third-order valence-corrected chi connectivity index (χ3v) is 3.69. The molecule has 2 aromatic rings. The van der Waals surface area contributed by atoms with E-state index in [0.717, 1.165) is 24.3 Å². The zero-order valence-corrected chi connectivity index (χ0v) is 12.1. The van der Waals surface area contributed by atoms with E-state index in [-0.39, 0.29) is 21.2 Å². The molecule has 0 bridgehead atoms. The average Bonchev–Trinajstić information content (AvgIpc) is 2.35. The van der Waals surface area contributed by atoms with Gasteiger partial charge in [-0.15, -0.1) is 0 Å². The van der Waals surface area contributed by atoms with Crippen LogP contribution in [0.25, 0.3) is 0 Å². The Balaban J connectivity index is 2.40. The van der Waals surface area contributed by atoms with Crippen molar-refractivity contribution in [3.63, 3.8) is 0 Å². The van der Waals surface area contributed by atoms with Crippen molar-refractivity contribution in [2.45, 2.75) is 22.1 Å². The Labute approximate surface area is 131 Å². The fraction of sp³-hybridized carbons (Fsp3) is 0.143. The lowest BCUT2D eigenvalue weighted by Crippen LogP contribution is -2.06. The van der Waals surface area contributed by atoms with E-state index < -0.39 is 23.5 Å². The minimum atomic E-state index is -4.60. The second-order valence-corrected chi connectivity index (χ2v) is 5.83. The van der Waals surface area contributed by atoms with E-state index in [0.29, 0.717) is 11.8 Å². The van der Waals surface area contributed by atoms with Crippen LogP contribution < -0.4 is 11.5 Å². The van der Waals surface area contributed by atoms with E-state index in [9.17, 15) is 26.3 Å². The molecule has 0 saturated heterocycles. The third kappa shape index (κ3) is 4.47. The maximum atomic E-state index is 12.7. The van der Waals surface area contributed by atoms with Gasteiger partial charge in [-0.2, -0.15) is 26.3 Å². The predicted octanol–water partition coefficient (Wildman–Crippen LogP) is 5.04. The van der Waals surface area contributed by atoms with Crippen molar-refractivity contribution >= 4 is 23.1 Å². The van der Waals surface area contributed by atoms with E-state index in [1.165, 1.54) is 12.1 Å². The van der Waals surface area contributed by atoms with Crippen LogP contribution in [0.3, 0.4) is 0 Å². The molecule has 0 heterocycles. The Hall–Kier alpha value is -2.03. The summed E-state index contributed by atoms with van der Waals surface area (Å²) in [4.78, 5) is 0.132. The van der Waals surface area contributed by atoms with Crippen molar-refractivity contribution in [2.75, 3.05) is 11.5 Å². The summed E-state index contributed by atoms with van der Waals surface area (Å²) in [6.45, 7) is 0. The highest BCUT2D eigenvalue weighted by Crippen LogP contribution is 2.39. The van der Waals surface area contributed by atoms with Crippen LogP contribution in [0.5, 0.6) is 0 Å². The van der Waals surface area contributed by atoms with Gasteiger partial charge in [0, 0.05) is 21.2 Å². The van der Waals surface area contributed by atoms with Crippen molar-refractivity contribution in [3.8, 4) is 0 Å². The lowest BCUT2D eigenvalue weighted by molar-refractivity contribution is -0.138. The maximum Gasteiger partial charge on any atom is 0.416 e. The first-order valence-electron chi connectivity index (χ1n) is 6.08. The first-order valence-corrected chi connectivity index (χ1v) is 6.90. The van der Waals surface area contributed by atoms with E-state index in [1.54, 1.807) is 0 Å². The predicted molar refractivity (Wildman–Crippen MR) is 75.8 cm³/mol. The number of nitrogen functional groups attached to an aromatic ring is 2. The highest BCUT2D eigenvalue weighted by Gasteiger charge is 2.32. The van der Waals surface area contributed by atoms with E-state index in [2.05, 4.69) is 0 Å². The molecule has 2 aromatic carbocycles. The molecule has 0 saturated carbocycles. The number of benzene rings is 2. The number of anilines is 2. The Morgan fingerprint density at radius 3 is 1.26 bits per heavy atom. The summed E-state index contributed by atoms with van der Waals surface area (Å²) in [5, 5.41) is 0. The molecular weight excluding hydrogens is 342 g/mol. The molecular formula is C14H10F6N2S. The van der Waals surface area contributed by atoms with Gasteiger partial charge in [0.15, 0.2) is 0 Å². The van der Waals surface area contributed by atoms with Crippen LogP contribution in [-0.2, 0) is 12.4 Å². The molecule has 0 aliphatic carbocycles. The number of nitrogens with two attached hydrogens (primary N) is 2. The summed E-state index contributed by atoms with van der Waals surface area (Å²) >= 11 is 0.716. The lowest BCUT2D eigenvalue weighted by atomic mass is 10.2. The topological polar surface area (TPSA) is 52.0 Å². The molecule has 0 aliphatic rings. The standard InChI is InChI=1S/C14H10F6N2S/c15-13(16,17)7-1-9(21)5-11(3-7)23-12-4-8(14(18,19)20)2-10(22)6-12/h1-6H,21-22H2. The Morgan fingerprint density at radius 1 is 0.609 bits per heavy atom. The van der Waals surface area contributed by atoms with Crippen molar-refractivity contribution < 1.29 is 26.3 Å². The van der Waals surface area contributed by atoms with Crippen molar-refractivity contribution in [3.05, 3.63) is 47.5 Å². The fourth-order valence-electron chi connectivity index (χ4n) is 1.83. The molecule has 0 aromatic heterocycles. The molecule has 0 atom stereocenters. The molecule has 2 rings (SSSR count). The molecule has 0 fully saturated rings. The zero-order chi connectivity index (χ0) is 17.4. The van der Waals surface area contributed by atoms with Gasteiger partial charge >= 0.3 is 12.4 Å². The van der Waals surface area contributed by atoms with Gasteiger partial charge in [-0.3, -0.25) is 0 Å². The fourth-order valence-corrected chi connectivity index (χ4v) is 2.86. The van der Waals surface area contributed by atoms with Gasteiger partial charge in [0.1, 0.15) is 0 Å². The SMILES string of the molecule is Nc1cc(Sc2cc(N)cc(C(F)(F)F)c2)cc(C(F)(F)F)c1. The Kier molecular flexibility index (Phi) is 4.43. The average molecular weight is 352 g/mol. The van der Waals surface area contributed by atoms with Gasteiger partial charge in [0.25, 0.3) is 0 Å². The summed E-state index contributed by atoms with van der Waals surface area (Å²) in [5.74, 6) is 0. The van der Waals surface area contributed by atoms with Gasteiger partial charge in [-0.05, 0) is 36.4 Å². The molecule has 23 heavy (non-hydrogen) atoms. The second kappa shape index (κ2) is 5.88. The van der Waals surface area contributed by atoms with E-state index >= 15 is 0 Å². The van der Waals surface area contributed by atoms with Gasteiger partial charge in [0.05, 0.1) is 11.1 Å². The third-order valence-electron chi connectivity index (χ3n) is 2.75. The van der Waals surface area contributed by atoms with Gasteiger partial charge in [0.2, 0.25) is 0 Å². The first-order chi connectivity index (χ1) is 10.4. The normalized spacial score (nSPS) is 12.4. The minimum Gasteiger partial charge on any atom is -0.399 e. The second-order valence-electron chi connectivity index (χ2n) is 4.68. The van der Waals surface area contributed by atoms with E-state index in [1.807, 2.05) is 0 Å². The summed E-state index contributed by atoms with van der Waals surface area (Å²) in [6.07, 6.45) is -9.20. The summed E-state index contributed by atoms with van der Waals surface area (Å²) in [6, 6.07) is 5.64. The number of alkyl halides is 6. The summed E-state index contributed by atoms with van der Waals surface area (Å²) in [5.41, 5.74) is 8.62. The van der Waals surface area contributed by atoms with Crippen LogP contribution in [0.15, 0.2) is 46.2 Å². The van der Waals surface area contributed by atoms with Gasteiger partial charge in [-0.25, -0.2) is 0 Å². The number of rotatable bonds is 2. The van der Waals surface area contributed by atoms with Crippen LogP contribution in [0.2, 0.25) is 0 Å². The van der Waals surface area contributed by atoms with Gasteiger partial charge < -0.3 is 11.5 Å². The lowest BCUT2D eigenvalue weighted by Gasteiger charge is -2.12. The smallest absolute Gasteiger partial charge is 0.399 e. The molecule has 0 radical (unpaired) electrons. The van der Waals surface area contributed by atoms with Crippen molar-refractivity contribution in [1.82, 2.24) is 0 Å². The van der Waals surface area contributed by atoms with Crippen LogP contribution >= 0.6 is 11.8 Å². The molecule has 0 amide bonds. The molecule has 4 N–H and O–H groups in total. The largest absolute Gasteiger partial charge is 0.416 e. The quantitative estimate of drug-likeness (QED) is 0.588. The molecule has 124 valence electrons. The van der Waals surface area contributed by atoms with Gasteiger partial charge in [-0.1, -0.05) is 11.8 Å². The number of halogens is 6. The maximum absolute atomic E-state index is 12.7. The highest BCUT2D eigenvalue weighted by molar-refractivity contribution is 7.99. The zero-order valence-electron chi connectivity index (χ0n) is 11.3. The summed E-state index contributed by atoms with van der Waals surface area (Å²) < 4.78 is 76.4. The molecule has 0 aliphatic heterocycles. The Bertz CT molecular complexity index is 663. The molecule has 9 heteroatoms. The van der Waals surface area contributed by atoms with Crippen molar-refractivity contribution in [2.24, 2.45) is 0 Å². The number of hydrogen-bond donors (Lipinski definition) is 2. The Morgan fingerprint density at radius 2 is 0.957 bits per heavy atom. The highest BCUT2D eigenvalue weighted by atomic mass is 32.2. The first kappa shape index (κ1) is 17.3. The summed E-state index contributed by atoms with van der Waals surface area (Å²) in [7, 11) is 0. The molecule has 2 nitrogen and oxygen atoms in total. The molecule has 0 spiro atoms. The monoisotopic (exact) mass is 352 g/mol. The minimum absolute atomic E-state index is 0.0658.